The van der Waals surface area contributed by atoms with Gasteiger partial charge in [0.1, 0.15) is 16.7 Å². The van der Waals surface area contributed by atoms with Gasteiger partial charge in [0.15, 0.2) is 0 Å². The molecular formula is C89H116ClN11O11. The molecule has 3 aromatic heterocycles. The molecule has 5 N–H and O–H groups in total. The first kappa shape index (κ1) is 87.3. The number of para-hydroxylation sites is 3. The Balaban J connectivity index is 0.000000190. The molecule has 3 aliphatic carbocycles. The van der Waals surface area contributed by atoms with E-state index in [4.69, 9.17) is 20.3 Å². The lowest BCUT2D eigenvalue weighted by molar-refractivity contribution is -0.160. The van der Waals surface area contributed by atoms with Crippen LogP contribution in [0.1, 0.15) is 176 Å². The number of aromatic nitrogens is 3. The predicted octanol–water partition coefficient (Wildman–Crippen LogP) is 15.1. The Morgan fingerprint density at radius 1 is 0.429 bits per heavy atom. The van der Waals surface area contributed by atoms with Crippen LogP contribution < -0.4 is 16.4 Å². The summed E-state index contributed by atoms with van der Waals surface area (Å²) in [6.45, 7) is 36.3. The lowest BCUT2D eigenvalue weighted by atomic mass is 10.0. The number of piperazine rings is 3. The van der Waals surface area contributed by atoms with Crippen LogP contribution in [0, 0.1) is 26.2 Å². The maximum Gasteiger partial charge on any atom is 0.408 e. The van der Waals surface area contributed by atoms with E-state index in [2.05, 4.69) is 112 Å². The molecular weight excluding hydrogens is 1430 g/mol. The van der Waals surface area contributed by atoms with Gasteiger partial charge < -0.3 is 69.1 Å². The number of ether oxygens (including phenoxy) is 2. The summed E-state index contributed by atoms with van der Waals surface area (Å²) in [5.41, 5.74) is 14.7. The fourth-order valence-electron chi connectivity index (χ4n) is 14.1. The van der Waals surface area contributed by atoms with Gasteiger partial charge in [0.25, 0.3) is 17.7 Å². The third kappa shape index (κ3) is 21.3. The Morgan fingerprint density at radius 3 is 1.04 bits per heavy atom. The van der Waals surface area contributed by atoms with Gasteiger partial charge in [-0.1, -0.05) is 96.1 Å². The minimum absolute atomic E-state index is 0. The standard InChI is InChI=1S/C29H34N4O4.C24H26N4O2.C20H21N3O.C10H16O4.3C2H6.ClH/c1-20-19-22-7-5-6-8-24(22)33(20)23-11-9-21(10-12-23)25(34)31-15-17-32(18-16-31)26(35)29(13-14-29)30-27(36)37-28(2,3)4;1-17-16-19-4-2-3-5-21(19)28(17)20-8-6-18(7-9-20)22(29)26-12-14-27(15-13-26)23(30)24(25)10-11-24;1-15-14-17-4-2-3-5-19(17)23(15)18-8-6-16(7-9-18)20(24)22-12-10-21-11-13-22;1-9(2,3)14-7(11)6-10(4-5-10)8(12)13;3*1-2;/h5-12,19H,13-18H2,1-4H3,(H,30,36);2-9,16H,10-15,25H2,1H3;2-9,14,21H,10-13H2,1H3;4-6H2,1-3H3,(H,12,13);3*1-2H3;1H. The van der Waals surface area contributed by atoms with Gasteiger partial charge in [-0.25, -0.2) is 4.79 Å². The van der Waals surface area contributed by atoms with E-state index in [-0.39, 0.29) is 48.4 Å². The number of hydrogen-bond acceptors (Lipinski definition) is 12. The maximum absolute atomic E-state index is 13.2. The predicted molar refractivity (Wildman–Crippen MR) is 446 cm³/mol. The normalized spacial score (nSPS) is 16.1. The highest BCUT2D eigenvalue weighted by Crippen LogP contribution is 2.49. The number of halogens is 1. The number of fused-ring (bicyclic) bond motifs is 3. The quantitative estimate of drug-likeness (QED) is 0.0831. The summed E-state index contributed by atoms with van der Waals surface area (Å²) in [6.07, 6.45) is 3.35. The Kier molecular flexibility index (Phi) is 29.5. The number of aryl methyl sites for hydroxylation is 3. The molecule has 6 fully saturated rings. The zero-order valence-electron chi connectivity index (χ0n) is 68.1. The minimum Gasteiger partial charge on any atom is -0.481 e. The number of carboxylic acids is 1. The van der Waals surface area contributed by atoms with Crippen molar-refractivity contribution in [2.75, 3.05) is 78.5 Å². The SMILES string of the molecule is CC.CC.CC.CC(C)(C)OC(=O)CC1(C(=O)O)CC1.Cc1cc2ccccc2n1-c1ccc(C(=O)N2CCN(C(=O)C3(N)CC3)CC2)cc1.Cc1cc2ccccc2n1-c1ccc(C(=O)N2CCN(C(=O)C3(NC(=O)OC(C)(C)C)CC3)CC2)cc1.Cc1cc2ccccc2n1-c1ccc(C(=O)N2CCNCC2)cc1.Cl. The van der Waals surface area contributed by atoms with Crippen molar-refractivity contribution >= 4 is 92.7 Å². The molecule has 0 bridgehead atoms. The summed E-state index contributed by atoms with van der Waals surface area (Å²) in [5, 5.41) is 18.5. The average molecular weight is 1550 g/mol. The van der Waals surface area contributed by atoms with Crippen molar-refractivity contribution in [2.45, 2.75) is 171 Å². The number of benzene rings is 6. The van der Waals surface area contributed by atoms with Crippen LogP contribution in [-0.4, -0.2) is 192 Å². The number of nitrogens with two attached hydrogens (primary N) is 1. The number of rotatable bonds is 12. The number of carbonyl (C=O) groups excluding carboxylic acids is 7. The van der Waals surface area contributed by atoms with E-state index in [9.17, 15) is 38.4 Å². The second-order valence-corrected chi connectivity index (χ2v) is 30.6. The smallest absolute Gasteiger partial charge is 0.408 e. The lowest BCUT2D eigenvalue weighted by Crippen LogP contribution is -2.57. The molecule has 6 amide bonds. The Bertz CT molecular complexity index is 4730. The highest BCUT2D eigenvalue weighted by atomic mass is 35.5. The number of esters is 1. The molecule has 0 radical (unpaired) electrons. The van der Waals surface area contributed by atoms with Crippen LogP contribution in [-0.2, 0) is 28.7 Å². The molecule has 112 heavy (non-hydrogen) atoms. The average Bonchev–Trinajstić information content (AvgIpc) is 1.62. The van der Waals surface area contributed by atoms with Crippen LogP contribution in [0.5, 0.6) is 0 Å². The van der Waals surface area contributed by atoms with E-state index in [0.29, 0.717) is 89.2 Å². The highest BCUT2D eigenvalue weighted by Gasteiger charge is 2.55. The number of alkyl carbamates (subject to hydrolysis) is 1. The van der Waals surface area contributed by atoms with Crippen molar-refractivity contribution in [2.24, 2.45) is 11.1 Å². The summed E-state index contributed by atoms with van der Waals surface area (Å²) in [6, 6.07) is 54.8. The minimum atomic E-state index is -0.886. The molecule has 0 unspecified atom stereocenters. The molecule has 6 heterocycles. The number of carbonyl (C=O) groups is 8. The van der Waals surface area contributed by atoms with Crippen molar-refractivity contribution in [1.82, 2.24) is 48.8 Å². The van der Waals surface area contributed by atoms with Crippen molar-refractivity contribution in [3.05, 3.63) is 198 Å². The van der Waals surface area contributed by atoms with Gasteiger partial charge in [-0.05, 0) is 210 Å². The molecule has 22 nitrogen and oxygen atoms in total. The molecule has 9 aromatic rings. The number of hydrogen-bond donors (Lipinski definition) is 4. The van der Waals surface area contributed by atoms with Crippen molar-refractivity contribution < 1.29 is 52.9 Å². The van der Waals surface area contributed by atoms with Gasteiger partial charge in [0, 0.05) is 146 Å². The topological polar surface area (TPSA) is 256 Å². The summed E-state index contributed by atoms with van der Waals surface area (Å²) < 4.78 is 17.0. The second kappa shape index (κ2) is 37.8. The third-order valence-corrected chi connectivity index (χ3v) is 20.2. The molecule has 0 spiro atoms. The molecule has 15 rings (SSSR count). The van der Waals surface area contributed by atoms with Crippen LogP contribution in [0.3, 0.4) is 0 Å². The van der Waals surface area contributed by atoms with Gasteiger partial charge in [-0.2, -0.15) is 0 Å². The molecule has 0 atom stereocenters. The van der Waals surface area contributed by atoms with Crippen LogP contribution in [0.4, 0.5) is 4.79 Å². The number of amides is 6. The number of nitrogens with one attached hydrogen (secondary N) is 2. The summed E-state index contributed by atoms with van der Waals surface area (Å²) >= 11 is 0. The largest absolute Gasteiger partial charge is 0.481 e. The van der Waals surface area contributed by atoms with Gasteiger partial charge in [-0.3, -0.25) is 33.6 Å². The zero-order chi connectivity index (χ0) is 80.8. The molecule has 23 heteroatoms. The van der Waals surface area contributed by atoms with Crippen LogP contribution in [0.15, 0.2) is 164 Å². The van der Waals surface area contributed by atoms with Gasteiger partial charge in [0.05, 0.1) is 33.9 Å². The molecule has 600 valence electrons. The lowest BCUT2D eigenvalue weighted by Gasteiger charge is -2.36. The Morgan fingerprint density at radius 2 is 0.741 bits per heavy atom. The molecule has 6 aliphatic rings. The summed E-state index contributed by atoms with van der Waals surface area (Å²) in [7, 11) is 0. The first-order valence-corrected chi connectivity index (χ1v) is 39.5. The highest BCUT2D eigenvalue weighted by molar-refractivity contribution is 5.98. The fraction of sp³-hybridized carbons (Fsp3) is 0.438. The fourth-order valence-corrected chi connectivity index (χ4v) is 14.1. The van der Waals surface area contributed by atoms with E-state index >= 15 is 0 Å². The molecule has 3 saturated heterocycles. The summed E-state index contributed by atoms with van der Waals surface area (Å²) in [4.78, 5) is 108. The van der Waals surface area contributed by atoms with Crippen molar-refractivity contribution in [1.29, 1.82) is 0 Å². The monoisotopic (exact) mass is 1550 g/mol. The summed E-state index contributed by atoms with van der Waals surface area (Å²) in [5.74, 6) is -1.27. The van der Waals surface area contributed by atoms with Crippen LogP contribution in [0.25, 0.3) is 49.8 Å². The van der Waals surface area contributed by atoms with E-state index in [1.807, 2.05) is 148 Å². The van der Waals surface area contributed by atoms with Crippen LogP contribution >= 0.6 is 12.4 Å². The van der Waals surface area contributed by atoms with E-state index in [1.54, 1.807) is 56.2 Å². The molecule has 6 aromatic carbocycles. The first-order chi connectivity index (χ1) is 53.0. The number of nitrogens with zero attached hydrogens (tertiary/aromatic N) is 8. The Labute approximate surface area is 666 Å². The first-order valence-electron chi connectivity index (χ1n) is 39.5. The van der Waals surface area contributed by atoms with E-state index < -0.39 is 45.7 Å². The third-order valence-electron chi connectivity index (χ3n) is 20.2. The van der Waals surface area contributed by atoms with Crippen molar-refractivity contribution in [3.63, 3.8) is 0 Å². The van der Waals surface area contributed by atoms with Crippen LogP contribution in [0.2, 0.25) is 0 Å². The number of aliphatic carboxylic acids is 1. The molecule has 3 saturated carbocycles. The van der Waals surface area contributed by atoms with Gasteiger partial charge >= 0.3 is 18.0 Å². The number of carboxylic acid groups (broad SMARTS) is 1. The zero-order valence-corrected chi connectivity index (χ0v) is 68.9. The molecule has 3 aliphatic heterocycles. The van der Waals surface area contributed by atoms with E-state index in [1.165, 1.54) is 27.4 Å². The van der Waals surface area contributed by atoms with E-state index in [0.717, 1.165) is 84.1 Å². The maximum atomic E-state index is 13.2. The van der Waals surface area contributed by atoms with Gasteiger partial charge in [0.2, 0.25) is 11.8 Å². The Hall–Kier alpha value is -10.3. The van der Waals surface area contributed by atoms with Crippen molar-refractivity contribution in [3.8, 4) is 17.1 Å². The van der Waals surface area contributed by atoms with Gasteiger partial charge in [-0.15, -0.1) is 12.4 Å². The second-order valence-electron chi connectivity index (χ2n) is 30.6.